The highest BCUT2D eigenvalue weighted by atomic mass is 32.2. The van der Waals surface area contributed by atoms with Crippen molar-refractivity contribution >= 4 is 27.3 Å². The van der Waals surface area contributed by atoms with Gasteiger partial charge in [-0.3, -0.25) is 4.98 Å². The molecule has 0 amide bonds. The number of rotatable bonds is 8. The Bertz CT molecular complexity index is 1030. The maximum absolute atomic E-state index is 13.2. The number of halogens is 2. The standard InChI is InChI=1S/C17H16F2N6O2S/c18-14-2-1-13(11-15(14)19)28(26,27)22-10-9-21-16-3-4-17(25-24-16)23-12-5-7-20-8-6-12/h1-8,11,22H,9-10H2,(H,21,24)(H,20,23,25). The predicted molar refractivity (Wildman–Crippen MR) is 99.6 cm³/mol. The molecule has 0 saturated heterocycles. The number of nitrogens with one attached hydrogen (secondary N) is 3. The second-order valence-electron chi connectivity index (χ2n) is 5.57. The molecule has 28 heavy (non-hydrogen) atoms. The molecule has 1 aromatic carbocycles. The van der Waals surface area contributed by atoms with Crippen LogP contribution in [0.15, 0.2) is 59.8 Å². The largest absolute Gasteiger partial charge is 0.367 e. The van der Waals surface area contributed by atoms with Crippen molar-refractivity contribution in [1.29, 1.82) is 0 Å². The SMILES string of the molecule is O=S(=O)(NCCNc1ccc(Nc2ccncc2)nn1)c1ccc(F)c(F)c1. The van der Waals surface area contributed by atoms with Gasteiger partial charge < -0.3 is 10.6 Å². The summed E-state index contributed by atoms with van der Waals surface area (Å²) in [6.07, 6.45) is 3.29. The summed E-state index contributed by atoms with van der Waals surface area (Å²) in [6.45, 7) is 0.231. The lowest BCUT2D eigenvalue weighted by Gasteiger charge is -2.09. The van der Waals surface area contributed by atoms with Crippen molar-refractivity contribution < 1.29 is 17.2 Å². The molecule has 0 aliphatic rings. The first-order chi connectivity index (χ1) is 13.4. The Morgan fingerprint density at radius 2 is 1.57 bits per heavy atom. The zero-order chi connectivity index (χ0) is 20.0. The van der Waals surface area contributed by atoms with E-state index in [9.17, 15) is 17.2 Å². The number of sulfonamides is 1. The van der Waals surface area contributed by atoms with Gasteiger partial charge in [-0.15, -0.1) is 10.2 Å². The van der Waals surface area contributed by atoms with E-state index in [2.05, 4.69) is 30.5 Å². The summed E-state index contributed by atoms with van der Waals surface area (Å²) in [5, 5.41) is 14.0. The van der Waals surface area contributed by atoms with E-state index in [4.69, 9.17) is 0 Å². The lowest BCUT2D eigenvalue weighted by molar-refractivity contribution is 0.504. The number of pyridine rings is 1. The summed E-state index contributed by atoms with van der Waals surface area (Å²) in [4.78, 5) is 3.57. The Balaban J connectivity index is 1.49. The van der Waals surface area contributed by atoms with Crippen molar-refractivity contribution in [2.75, 3.05) is 23.7 Å². The van der Waals surface area contributed by atoms with Crippen molar-refractivity contribution in [3.63, 3.8) is 0 Å². The van der Waals surface area contributed by atoms with Crippen LogP contribution >= 0.6 is 0 Å². The highest BCUT2D eigenvalue weighted by Gasteiger charge is 2.15. The molecule has 0 bridgehead atoms. The highest BCUT2D eigenvalue weighted by Crippen LogP contribution is 2.14. The average Bonchev–Trinajstić information content (AvgIpc) is 2.69. The highest BCUT2D eigenvalue weighted by molar-refractivity contribution is 7.89. The minimum Gasteiger partial charge on any atom is -0.367 e. The van der Waals surface area contributed by atoms with Gasteiger partial charge in [0.1, 0.15) is 5.82 Å². The molecular weight excluding hydrogens is 390 g/mol. The van der Waals surface area contributed by atoms with E-state index in [1.165, 1.54) is 0 Å². The number of aromatic nitrogens is 3. The van der Waals surface area contributed by atoms with Gasteiger partial charge >= 0.3 is 0 Å². The van der Waals surface area contributed by atoms with Crippen molar-refractivity contribution in [1.82, 2.24) is 19.9 Å². The van der Waals surface area contributed by atoms with E-state index in [1.807, 2.05) is 0 Å². The Kier molecular flexibility index (Phi) is 6.06. The molecule has 0 saturated carbocycles. The van der Waals surface area contributed by atoms with Crippen LogP contribution in [0.2, 0.25) is 0 Å². The summed E-state index contributed by atoms with van der Waals surface area (Å²) >= 11 is 0. The first-order valence-electron chi connectivity index (χ1n) is 8.13. The molecule has 3 N–H and O–H groups in total. The van der Waals surface area contributed by atoms with Gasteiger partial charge in [0.2, 0.25) is 10.0 Å². The summed E-state index contributed by atoms with van der Waals surface area (Å²) in [7, 11) is -3.94. The third-order valence-electron chi connectivity index (χ3n) is 3.54. The Hall–Kier alpha value is -3.18. The van der Waals surface area contributed by atoms with Gasteiger partial charge in [-0.1, -0.05) is 0 Å². The topological polar surface area (TPSA) is 109 Å². The summed E-state index contributed by atoms with van der Waals surface area (Å²) < 4.78 is 52.5. The molecule has 0 aliphatic heterocycles. The van der Waals surface area contributed by atoms with Crippen molar-refractivity contribution in [2.45, 2.75) is 4.90 Å². The van der Waals surface area contributed by atoms with E-state index in [1.54, 1.807) is 36.7 Å². The summed E-state index contributed by atoms with van der Waals surface area (Å²) in [5.74, 6) is -1.35. The molecule has 0 unspecified atom stereocenters. The smallest absolute Gasteiger partial charge is 0.240 e. The maximum Gasteiger partial charge on any atom is 0.240 e. The van der Waals surface area contributed by atoms with Crippen LogP contribution in [0, 0.1) is 11.6 Å². The second kappa shape index (κ2) is 8.67. The van der Waals surface area contributed by atoms with Gasteiger partial charge in [0, 0.05) is 31.2 Å². The molecule has 0 atom stereocenters. The van der Waals surface area contributed by atoms with Gasteiger partial charge in [0.05, 0.1) is 4.90 Å². The van der Waals surface area contributed by atoms with Gasteiger partial charge in [0.15, 0.2) is 17.5 Å². The third-order valence-corrected chi connectivity index (χ3v) is 5.00. The zero-order valence-electron chi connectivity index (χ0n) is 14.4. The maximum atomic E-state index is 13.2. The van der Waals surface area contributed by atoms with Crippen LogP contribution < -0.4 is 15.4 Å². The molecule has 2 heterocycles. The van der Waals surface area contributed by atoms with Gasteiger partial charge in [0.25, 0.3) is 0 Å². The van der Waals surface area contributed by atoms with Crippen molar-refractivity contribution in [2.24, 2.45) is 0 Å². The fourth-order valence-corrected chi connectivity index (χ4v) is 3.22. The Labute approximate surface area is 160 Å². The van der Waals surface area contributed by atoms with Crippen LogP contribution in [0.3, 0.4) is 0 Å². The van der Waals surface area contributed by atoms with Gasteiger partial charge in [-0.05, 0) is 42.5 Å². The molecule has 0 aliphatic carbocycles. The molecule has 0 spiro atoms. The number of nitrogens with zero attached hydrogens (tertiary/aromatic N) is 3. The second-order valence-corrected chi connectivity index (χ2v) is 7.33. The van der Waals surface area contributed by atoms with Crippen LogP contribution in [-0.2, 0) is 10.0 Å². The average molecular weight is 406 g/mol. The van der Waals surface area contributed by atoms with E-state index in [0.717, 1.165) is 17.8 Å². The predicted octanol–water partition coefficient (Wildman–Crippen LogP) is 2.28. The Morgan fingerprint density at radius 3 is 2.25 bits per heavy atom. The molecule has 3 rings (SSSR count). The lowest BCUT2D eigenvalue weighted by Crippen LogP contribution is -2.29. The van der Waals surface area contributed by atoms with Crippen molar-refractivity contribution in [3.8, 4) is 0 Å². The molecule has 3 aromatic rings. The minimum atomic E-state index is -3.94. The lowest BCUT2D eigenvalue weighted by atomic mass is 10.3. The molecule has 8 nitrogen and oxygen atoms in total. The van der Waals surface area contributed by atoms with Gasteiger partial charge in [-0.2, -0.15) is 0 Å². The normalized spacial score (nSPS) is 11.2. The van der Waals surface area contributed by atoms with Crippen LogP contribution in [0.5, 0.6) is 0 Å². The first kappa shape index (κ1) is 19.6. The number of hydrogen-bond acceptors (Lipinski definition) is 7. The number of benzene rings is 1. The fourth-order valence-electron chi connectivity index (χ4n) is 2.18. The monoisotopic (exact) mass is 406 g/mol. The fraction of sp³-hybridized carbons (Fsp3) is 0.118. The zero-order valence-corrected chi connectivity index (χ0v) is 15.2. The van der Waals surface area contributed by atoms with E-state index in [-0.39, 0.29) is 18.0 Å². The van der Waals surface area contributed by atoms with Crippen LogP contribution in [0.4, 0.5) is 26.1 Å². The van der Waals surface area contributed by atoms with E-state index in [0.29, 0.717) is 17.7 Å². The first-order valence-corrected chi connectivity index (χ1v) is 9.62. The van der Waals surface area contributed by atoms with Crippen LogP contribution in [0.25, 0.3) is 0 Å². The van der Waals surface area contributed by atoms with E-state index < -0.39 is 21.7 Å². The molecular formula is C17H16F2N6O2S. The minimum absolute atomic E-state index is 0.0139. The van der Waals surface area contributed by atoms with Crippen LogP contribution in [0.1, 0.15) is 0 Å². The summed E-state index contributed by atoms with van der Waals surface area (Å²) in [6, 6.07) is 9.35. The van der Waals surface area contributed by atoms with Crippen molar-refractivity contribution in [3.05, 3.63) is 66.5 Å². The Morgan fingerprint density at radius 1 is 0.857 bits per heavy atom. The summed E-state index contributed by atoms with van der Waals surface area (Å²) in [5.41, 5.74) is 0.816. The molecule has 0 radical (unpaired) electrons. The molecule has 146 valence electrons. The number of hydrogen-bond donors (Lipinski definition) is 3. The van der Waals surface area contributed by atoms with Crippen LogP contribution in [-0.4, -0.2) is 36.7 Å². The molecule has 11 heteroatoms. The third kappa shape index (κ3) is 5.18. The molecule has 2 aromatic heterocycles. The molecule has 0 fully saturated rings. The van der Waals surface area contributed by atoms with E-state index >= 15 is 0 Å². The van der Waals surface area contributed by atoms with Gasteiger partial charge in [-0.25, -0.2) is 21.9 Å². The quantitative estimate of drug-likeness (QED) is 0.493. The number of anilines is 3.